The summed E-state index contributed by atoms with van der Waals surface area (Å²) in [5, 5.41) is 3.10. The number of halogens is 2. The third-order valence-electron chi connectivity index (χ3n) is 0.556. The second-order valence-corrected chi connectivity index (χ2v) is 2.15. The van der Waals surface area contributed by atoms with E-state index in [1.54, 1.807) is 17.5 Å². The van der Waals surface area contributed by atoms with Crippen molar-refractivity contribution in [3.8, 4) is 0 Å². The predicted octanol–water partition coefficient (Wildman–Crippen LogP) is 2.46. The molecule has 0 spiro atoms. The van der Waals surface area contributed by atoms with Gasteiger partial charge in [-0.05, 0) is 6.92 Å². The molecule has 1 aromatic heterocycles. The van der Waals surface area contributed by atoms with Gasteiger partial charge in [0.2, 0.25) is 0 Å². The van der Waals surface area contributed by atoms with Crippen LogP contribution in [-0.4, -0.2) is 4.98 Å². The van der Waals surface area contributed by atoms with E-state index in [2.05, 4.69) is 4.98 Å². The average molecular weight is 189 g/mol. The monoisotopic (exact) mass is 188 g/mol. The van der Waals surface area contributed by atoms with Gasteiger partial charge in [-0.25, -0.2) is 0 Å². The van der Waals surface area contributed by atoms with Gasteiger partial charge in [-0.3, -0.25) is 4.98 Å². The first-order valence-electron chi connectivity index (χ1n) is 1.75. The Balaban J connectivity index is -0.000000120. The normalized spacial score (nSPS) is 5.89. The minimum Gasteiger partial charge on any atom is -0.344 e. The van der Waals surface area contributed by atoms with Crippen LogP contribution in [0.4, 0.5) is 0 Å². The lowest BCUT2D eigenvalue weighted by Gasteiger charge is -1.65. The first-order chi connectivity index (χ1) is 2.89. The minimum absolute atomic E-state index is 0. The van der Waals surface area contributed by atoms with Gasteiger partial charge in [0.1, 0.15) is 0 Å². The Hall–Kier alpha value is 0.170. The number of hydrogen-bond donors (Lipinski definition) is 1. The maximum absolute atomic E-state index is 3.94. The largest absolute Gasteiger partial charge is 0.344 e. The van der Waals surface area contributed by atoms with Gasteiger partial charge in [0.05, 0.1) is 5.01 Å². The molecule has 0 amide bonds. The second-order valence-electron chi connectivity index (χ2n) is 1.05. The van der Waals surface area contributed by atoms with Gasteiger partial charge < -0.3 is 6.15 Å². The molecule has 0 aliphatic rings. The zero-order valence-electron chi connectivity index (χ0n) is 5.03. The highest BCUT2D eigenvalue weighted by molar-refractivity contribution is 7.09. The molecule has 56 valence electrons. The maximum atomic E-state index is 3.94. The number of rotatable bonds is 0. The number of aromatic nitrogens is 1. The van der Waals surface area contributed by atoms with Crippen LogP contribution in [0.3, 0.4) is 0 Å². The standard InChI is InChI=1S/C4H5NS.2ClH.H3N/c1-4-5-2-3-6-4;;;/h2-3H,1H3;2*1H;1H3. The van der Waals surface area contributed by atoms with Gasteiger partial charge in [-0.1, -0.05) is 0 Å². The molecular weight excluding hydrogens is 179 g/mol. The Bertz CT molecular complexity index is 120. The van der Waals surface area contributed by atoms with Crippen LogP contribution < -0.4 is 6.15 Å². The zero-order valence-corrected chi connectivity index (χ0v) is 7.48. The van der Waals surface area contributed by atoms with E-state index in [1.807, 2.05) is 12.3 Å². The molecule has 0 aliphatic heterocycles. The summed E-state index contributed by atoms with van der Waals surface area (Å²) in [7, 11) is 0. The molecule has 0 fully saturated rings. The molecule has 5 heteroatoms. The lowest BCUT2D eigenvalue weighted by molar-refractivity contribution is 1.30. The molecule has 2 nitrogen and oxygen atoms in total. The topological polar surface area (TPSA) is 47.9 Å². The van der Waals surface area contributed by atoms with Crippen LogP contribution in [0, 0.1) is 6.92 Å². The molecule has 0 aliphatic carbocycles. The fourth-order valence-corrected chi connectivity index (χ4v) is 0.735. The Labute approximate surface area is 71.1 Å². The van der Waals surface area contributed by atoms with Crippen molar-refractivity contribution in [2.24, 2.45) is 0 Å². The Morgan fingerprint density at radius 1 is 1.44 bits per heavy atom. The van der Waals surface area contributed by atoms with Crippen LogP contribution in [0.5, 0.6) is 0 Å². The zero-order chi connectivity index (χ0) is 4.41. The van der Waals surface area contributed by atoms with Crippen LogP contribution in [0.2, 0.25) is 0 Å². The first-order valence-corrected chi connectivity index (χ1v) is 2.63. The molecule has 0 radical (unpaired) electrons. The van der Waals surface area contributed by atoms with Crippen LogP contribution in [0.1, 0.15) is 5.01 Å². The summed E-state index contributed by atoms with van der Waals surface area (Å²) in [4.78, 5) is 3.94. The van der Waals surface area contributed by atoms with Crippen molar-refractivity contribution >= 4 is 36.2 Å². The van der Waals surface area contributed by atoms with Crippen molar-refractivity contribution in [1.82, 2.24) is 11.1 Å². The summed E-state index contributed by atoms with van der Waals surface area (Å²) in [5.41, 5.74) is 0. The van der Waals surface area contributed by atoms with Crippen molar-refractivity contribution < 1.29 is 0 Å². The molecule has 0 bridgehead atoms. The highest BCUT2D eigenvalue weighted by Crippen LogP contribution is 1.98. The van der Waals surface area contributed by atoms with Crippen LogP contribution in [0.15, 0.2) is 11.6 Å². The van der Waals surface area contributed by atoms with Gasteiger partial charge in [0, 0.05) is 11.6 Å². The SMILES string of the molecule is Cc1nccs1.Cl.Cl.N. The molecule has 1 heterocycles. The lowest BCUT2D eigenvalue weighted by atomic mass is 10.8. The number of hydrogen-bond acceptors (Lipinski definition) is 3. The van der Waals surface area contributed by atoms with E-state index >= 15 is 0 Å². The molecule has 1 aromatic rings. The summed E-state index contributed by atoms with van der Waals surface area (Å²) in [6, 6.07) is 0. The highest BCUT2D eigenvalue weighted by Gasteiger charge is 1.76. The van der Waals surface area contributed by atoms with Crippen molar-refractivity contribution in [2.75, 3.05) is 0 Å². The van der Waals surface area contributed by atoms with Crippen molar-refractivity contribution in [1.29, 1.82) is 0 Å². The molecular formula is C4H10Cl2N2S. The molecule has 0 saturated heterocycles. The van der Waals surface area contributed by atoms with Crippen molar-refractivity contribution in [3.05, 3.63) is 16.6 Å². The summed E-state index contributed by atoms with van der Waals surface area (Å²) in [6.07, 6.45) is 1.81. The van der Waals surface area contributed by atoms with E-state index in [1.165, 1.54) is 0 Å². The van der Waals surface area contributed by atoms with E-state index in [0.717, 1.165) is 5.01 Å². The van der Waals surface area contributed by atoms with Gasteiger partial charge >= 0.3 is 0 Å². The first kappa shape index (κ1) is 16.1. The minimum atomic E-state index is 0. The fourth-order valence-electron chi connectivity index (χ4n) is 0.295. The molecule has 1 rings (SSSR count). The predicted molar refractivity (Wildman–Crippen MR) is 46.4 cm³/mol. The Morgan fingerprint density at radius 3 is 2.11 bits per heavy atom. The molecule has 0 atom stereocenters. The van der Waals surface area contributed by atoms with Crippen LogP contribution in [-0.2, 0) is 0 Å². The molecule has 0 aromatic carbocycles. The smallest absolute Gasteiger partial charge is 0.0893 e. The second kappa shape index (κ2) is 8.17. The Morgan fingerprint density at radius 2 is 2.00 bits per heavy atom. The summed E-state index contributed by atoms with van der Waals surface area (Å²) in [6.45, 7) is 1.99. The lowest BCUT2D eigenvalue weighted by Crippen LogP contribution is -1.56. The number of nitrogens with zero attached hydrogens (tertiary/aromatic N) is 1. The van der Waals surface area contributed by atoms with Crippen LogP contribution >= 0.6 is 36.2 Å². The van der Waals surface area contributed by atoms with Crippen molar-refractivity contribution in [2.45, 2.75) is 6.92 Å². The quantitative estimate of drug-likeness (QED) is 0.681. The van der Waals surface area contributed by atoms with E-state index in [9.17, 15) is 0 Å². The van der Waals surface area contributed by atoms with E-state index in [-0.39, 0.29) is 31.0 Å². The molecule has 3 N–H and O–H groups in total. The maximum Gasteiger partial charge on any atom is 0.0893 e. The summed E-state index contributed by atoms with van der Waals surface area (Å²) >= 11 is 1.67. The summed E-state index contributed by atoms with van der Waals surface area (Å²) in [5.74, 6) is 0. The van der Waals surface area contributed by atoms with E-state index in [4.69, 9.17) is 0 Å². The van der Waals surface area contributed by atoms with Gasteiger partial charge in [-0.2, -0.15) is 0 Å². The van der Waals surface area contributed by atoms with E-state index in [0.29, 0.717) is 0 Å². The third-order valence-corrected chi connectivity index (χ3v) is 1.26. The molecule has 9 heavy (non-hydrogen) atoms. The number of aryl methyl sites for hydroxylation is 1. The number of thiazole rings is 1. The fraction of sp³-hybridized carbons (Fsp3) is 0.250. The van der Waals surface area contributed by atoms with Crippen LogP contribution in [0.25, 0.3) is 0 Å². The molecule has 0 saturated carbocycles. The summed E-state index contributed by atoms with van der Waals surface area (Å²) < 4.78 is 0. The van der Waals surface area contributed by atoms with Gasteiger partial charge in [0.25, 0.3) is 0 Å². The highest BCUT2D eigenvalue weighted by atomic mass is 35.5. The van der Waals surface area contributed by atoms with Gasteiger partial charge in [-0.15, -0.1) is 36.2 Å². The molecule has 0 unspecified atom stereocenters. The average Bonchev–Trinajstić information content (AvgIpc) is 1.86. The van der Waals surface area contributed by atoms with Gasteiger partial charge in [0.15, 0.2) is 0 Å². The van der Waals surface area contributed by atoms with E-state index < -0.39 is 0 Å². The third kappa shape index (κ3) is 6.05. The Kier molecular flexibility index (Phi) is 14.6. The van der Waals surface area contributed by atoms with Crippen molar-refractivity contribution in [3.63, 3.8) is 0 Å².